The third kappa shape index (κ3) is 9.85. The predicted molar refractivity (Wildman–Crippen MR) is 325 cm³/mol. The van der Waals surface area contributed by atoms with Crippen LogP contribution in [0, 0.1) is 0 Å². The molecule has 1 aliphatic rings. The lowest BCUT2D eigenvalue weighted by molar-refractivity contribution is 0.483. The van der Waals surface area contributed by atoms with Gasteiger partial charge in [-0.25, -0.2) is 4.98 Å². The molecule has 0 spiro atoms. The van der Waals surface area contributed by atoms with Gasteiger partial charge in [-0.3, -0.25) is 4.57 Å². The van der Waals surface area contributed by atoms with Gasteiger partial charge >= 0.3 is 0 Å². The topological polar surface area (TPSA) is 33.5 Å². The summed E-state index contributed by atoms with van der Waals surface area (Å²) in [5.41, 5.74) is 17.6. The maximum Gasteiger partial charge on any atom is 0.137 e. The van der Waals surface area contributed by atoms with E-state index in [4.69, 9.17) is 9.72 Å². The monoisotopic (exact) mass is 1010 g/mol. The molecule has 11 rings (SSSR count). The second kappa shape index (κ2) is 20.1. The highest BCUT2D eigenvalue weighted by Crippen LogP contribution is 2.44. The molecule has 0 aliphatic carbocycles. The first-order valence-corrected chi connectivity index (χ1v) is 27.5. The number of aromatic nitrogens is 2. The zero-order chi connectivity index (χ0) is 53.8. The molecule has 0 fully saturated rings. The van der Waals surface area contributed by atoms with Crippen LogP contribution in [-0.2, 0) is 16.2 Å². The van der Waals surface area contributed by atoms with E-state index in [0.29, 0.717) is 18.5 Å². The normalized spacial score (nSPS) is 13.2. The lowest BCUT2D eigenvalue weighted by Crippen LogP contribution is -2.25. The van der Waals surface area contributed by atoms with Crippen LogP contribution in [0.15, 0.2) is 213 Å². The summed E-state index contributed by atoms with van der Waals surface area (Å²) in [5, 5.41) is 2.33. The van der Waals surface area contributed by atoms with Crippen molar-refractivity contribution in [2.45, 2.75) is 104 Å². The standard InChI is InChI=1S/C72H72N4O/c1-48(2)62-28-21-29-63(49(3)4)69(62)52-40-59(75-37-36-74(47-75)58-39-51(50-22-15-12-16-23-50)38-57(42-58)72(10,11)54-26-19-14-20-27-54)45-61(41-52)77-60-31-32-64-65-43-56(71(8,9)53-24-17-13-18-25-53)30-33-66(65)76(67(64)46-60)68-44-55(34-35-73-68)70(5,6)7/h12-46,48-49H,47H2,1-11H3. The quantitative estimate of drug-likeness (QED) is 0.115. The summed E-state index contributed by atoms with van der Waals surface area (Å²) in [5.74, 6) is 3.05. The molecule has 0 unspecified atom stereocenters. The minimum Gasteiger partial charge on any atom is -0.457 e. The molecular weight excluding hydrogens is 937 g/mol. The Balaban J connectivity index is 1.03. The van der Waals surface area contributed by atoms with E-state index < -0.39 is 0 Å². The Kier molecular flexibility index (Phi) is 13.3. The van der Waals surface area contributed by atoms with Crippen molar-refractivity contribution >= 4 is 33.2 Å². The van der Waals surface area contributed by atoms with Crippen LogP contribution in [0.1, 0.15) is 127 Å². The van der Waals surface area contributed by atoms with Crippen molar-refractivity contribution in [2.24, 2.45) is 0 Å². The molecule has 0 amide bonds. The Hall–Kier alpha value is -8.15. The van der Waals surface area contributed by atoms with E-state index in [1.165, 1.54) is 61.0 Å². The summed E-state index contributed by atoms with van der Waals surface area (Å²) < 4.78 is 9.55. The lowest BCUT2D eigenvalue weighted by Gasteiger charge is -2.29. The molecule has 5 heteroatoms. The highest BCUT2D eigenvalue weighted by molar-refractivity contribution is 6.10. The number of pyridine rings is 1. The molecule has 1 aliphatic heterocycles. The van der Waals surface area contributed by atoms with E-state index >= 15 is 0 Å². The molecule has 0 radical (unpaired) electrons. The fourth-order valence-electron chi connectivity index (χ4n) is 11.4. The Morgan fingerprint density at radius 2 is 1.03 bits per heavy atom. The maximum absolute atomic E-state index is 7.22. The van der Waals surface area contributed by atoms with Crippen LogP contribution in [-0.4, -0.2) is 16.2 Å². The summed E-state index contributed by atoms with van der Waals surface area (Å²) in [4.78, 5) is 9.78. The highest BCUT2D eigenvalue weighted by Gasteiger charge is 2.29. The Bertz CT molecular complexity index is 3770. The second-order valence-electron chi connectivity index (χ2n) is 23.8. The molecule has 8 aromatic carbocycles. The first kappa shape index (κ1) is 51.0. The number of nitrogens with zero attached hydrogens (tertiary/aromatic N) is 4. The molecule has 2 aromatic heterocycles. The average Bonchev–Trinajstić information content (AvgIpc) is 4.20. The highest BCUT2D eigenvalue weighted by atomic mass is 16.5. The zero-order valence-electron chi connectivity index (χ0n) is 46.8. The van der Waals surface area contributed by atoms with Gasteiger partial charge in [0.15, 0.2) is 0 Å². The number of rotatable bonds is 13. The van der Waals surface area contributed by atoms with Gasteiger partial charge < -0.3 is 14.5 Å². The number of hydrogen-bond donors (Lipinski definition) is 0. The van der Waals surface area contributed by atoms with E-state index in [9.17, 15) is 0 Å². The Labute approximate surface area is 457 Å². The summed E-state index contributed by atoms with van der Waals surface area (Å²) in [6.07, 6.45) is 6.39. The second-order valence-corrected chi connectivity index (χ2v) is 23.8. The summed E-state index contributed by atoms with van der Waals surface area (Å²) in [6.45, 7) is 25.9. The van der Waals surface area contributed by atoms with Crippen molar-refractivity contribution in [2.75, 3.05) is 16.5 Å². The van der Waals surface area contributed by atoms with E-state index in [-0.39, 0.29) is 16.2 Å². The Morgan fingerprint density at radius 3 is 1.65 bits per heavy atom. The van der Waals surface area contributed by atoms with Crippen molar-refractivity contribution in [1.29, 1.82) is 0 Å². The molecule has 0 saturated carbocycles. The SMILES string of the molecule is CC(C)c1cccc(C(C)C)c1-c1cc(Oc2ccc3c4cc(C(C)(C)c5ccccc5)ccc4n(-c4cc(C(C)(C)C)ccn4)c3c2)cc(N2C=CN(c3cc(-c4ccccc4)cc(C(C)(C)c4ccccc4)c3)C2)c1. The van der Waals surface area contributed by atoms with Crippen LogP contribution in [0.25, 0.3) is 49.9 Å². The van der Waals surface area contributed by atoms with Gasteiger partial charge in [0.05, 0.1) is 17.7 Å². The summed E-state index contributed by atoms with van der Waals surface area (Å²) in [6, 6.07) is 71.1. The number of fused-ring (bicyclic) bond motifs is 3. The molecule has 3 heterocycles. The lowest BCUT2D eigenvalue weighted by atomic mass is 9.77. The van der Waals surface area contributed by atoms with Crippen LogP contribution in [0.5, 0.6) is 11.5 Å². The van der Waals surface area contributed by atoms with Crippen molar-refractivity contribution in [3.63, 3.8) is 0 Å². The predicted octanol–water partition coefficient (Wildman–Crippen LogP) is 19.3. The third-order valence-corrected chi connectivity index (χ3v) is 16.2. The first-order valence-electron chi connectivity index (χ1n) is 27.5. The van der Waals surface area contributed by atoms with Crippen LogP contribution in [0.2, 0.25) is 0 Å². The van der Waals surface area contributed by atoms with Gasteiger partial charge in [-0.15, -0.1) is 0 Å². The van der Waals surface area contributed by atoms with Gasteiger partial charge in [-0.2, -0.15) is 0 Å². The fraction of sp³-hybridized carbons (Fsp3) is 0.236. The van der Waals surface area contributed by atoms with E-state index in [1.54, 1.807) is 0 Å². The number of hydrogen-bond acceptors (Lipinski definition) is 4. The van der Waals surface area contributed by atoms with Crippen LogP contribution >= 0.6 is 0 Å². The number of ether oxygens (including phenoxy) is 1. The maximum atomic E-state index is 7.22. The largest absolute Gasteiger partial charge is 0.457 e. The first-order chi connectivity index (χ1) is 36.9. The zero-order valence-corrected chi connectivity index (χ0v) is 46.8. The van der Waals surface area contributed by atoms with Crippen LogP contribution in [0.3, 0.4) is 0 Å². The van der Waals surface area contributed by atoms with Gasteiger partial charge in [0, 0.05) is 63.7 Å². The molecule has 0 N–H and O–H groups in total. The molecule has 0 atom stereocenters. The third-order valence-electron chi connectivity index (χ3n) is 16.2. The van der Waals surface area contributed by atoms with Gasteiger partial charge in [0.25, 0.3) is 0 Å². The molecule has 10 aromatic rings. The van der Waals surface area contributed by atoms with Crippen molar-refractivity contribution in [3.8, 4) is 39.6 Å². The van der Waals surface area contributed by atoms with Crippen LogP contribution < -0.4 is 14.5 Å². The van der Waals surface area contributed by atoms with Crippen molar-refractivity contribution in [1.82, 2.24) is 9.55 Å². The molecule has 77 heavy (non-hydrogen) atoms. The molecule has 386 valence electrons. The smallest absolute Gasteiger partial charge is 0.137 e. The van der Waals surface area contributed by atoms with Gasteiger partial charge in [0.1, 0.15) is 17.3 Å². The summed E-state index contributed by atoms with van der Waals surface area (Å²) in [7, 11) is 0. The number of benzene rings is 8. The van der Waals surface area contributed by atoms with E-state index in [2.05, 4.69) is 297 Å². The average molecular weight is 1010 g/mol. The fourth-order valence-corrected chi connectivity index (χ4v) is 11.4. The van der Waals surface area contributed by atoms with Gasteiger partial charge in [0.2, 0.25) is 0 Å². The van der Waals surface area contributed by atoms with Crippen molar-refractivity contribution < 1.29 is 4.74 Å². The molecular formula is C72H72N4O. The van der Waals surface area contributed by atoms with Gasteiger partial charge in [-0.1, -0.05) is 197 Å². The Morgan fingerprint density at radius 1 is 0.429 bits per heavy atom. The summed E-state index contributed by atoms with van der Waals surface area (Å²) >= 11 is 0. The molecule has 0 saturated heterocycles. The minimum absolute atomic E-state index is 0.0556. The van der Waals surface area contributed by atoms with Crippen molar-refractivity contribution in [3.05, 3.63) is 252 Å². The van der Waals surface area contributed by atoms with E-state index in [1.807, 2.05) is 6.20 Å². The molecule has 5 nitrogen and oxygen atoms in total. The molecule has 0 bridgehead atoms. The van der Waals surface area contributed by atoms with Crippen LogP contribution in [0.4, 0.5) is 11.4 Å². The number of anilines is 2. The minimum atomic E-state index is -0.227. The van der Waals surface area contributed by atoms with E-state index in [0.717, 1.165) is 50.7 Å². The van der Waals surface area contributed by atoms with Gasteiger partial charge in [-0.05, 0) is 139 Å².